The maximum absolute atomic E-state index is 13.0. The minimum absolute atomic E-state index is 0.123. The number of alkyl halides is 2. The van der Waals surface area contributed by atoms with Crippen LogP contribution in [0.2, 0.25) is 0 Å². The van der Waals surface area contributed by atoms with E-state index in [2.05, 4.69) is 0 Å². The van der Waals surface area contributed by atoms with E-state index in [9.17, 15) is 13.2 Å². The molecule has 0 heterocycles. The summed E-state index contributed by atoms with van der Waals surface area (Å²) in [4.78, 5) is 0. The predicted molar refractivity (Wildman–Crippen MR) is 44.0 cm³/mol. The highest BCUT2D eigenvalue weighted by Crippen LogP contribution is 2.23. The number of hydrogen-bond acceptors (Lipinski definition) is 1. The average Bonchev–Trinajstić information content (AvgIpc) is 2.04. The van der Waals surface area contributed by atoms with E-state index in [1.165, 1.54) is 0 Å². The molecule has 0 aliphatic rings. The summed E-state index contributed by atoms with van der Waals surface area (Å²) >= 11 is 0. The molecule has 0 bridgehead atoms. The Kier molecular flexibility index (Phi) is 2.93. The molecule has 1 rings (SSSR count). The summed E-state index contributed by atoms with van der Waals surface area (Å²) in [7, 11) is 0. The Morgan fingerprint density at radius 1 is 1.31 bits per heavy atom. The summed E-state index contributed by atoms with van der Waals surface area (Å²) in [5.74, 6) is -0.542. The zero-order chi connectivity index (χ0) is 10.0. The van der Waals surface area contributed by atoms with Gasteiger partial charge in [-0.15, -0.1) is 0 Å². The van der Waals surface area contributed by atoms with Gasteiger partial charge in [-0.3, -0.25) is 0 Å². The first-order valence-electron chi connectivity index (χ1n) is 3.85. The Balaban J connectivity index is 3.11. The van der Waals surface area contributed by atoms with Gasteiger partial charge in [0.25, 0.3) is 6.43 Å². The first-order chi connectivity index (χ1) is 6.02. The monoisotopic (exact) mass is 189 g/mol. The first-order valence-corrected chi connectivity index (χ1v) is 3.85. The molecular formula is C9H10F3N. The maximum Gasteiger partial charge on any atom is 0.263 e. The van der Waals surface area contributed by atoms with Crippen molar-refractivity contribution in [2.24, 2.45) is 5.73 Å². The summed E-state index contributed by atoms with van der Waals surface area (Å²) in [6, 6.07) is 2.61. The van der Waals surface area contributed by atoms with Crippen molar-refractivity contribution in [3.8, 4) is 0 Å². The van der Waals surface area contributed by atoms with Gasteiger partial charge in [-0.25, -0.2) is 13.2 Å². The lowest BCUT2D eigenvalue weighted by Crippen LogP contribution is -2.08. The van der Waals surface area contributed by atoms with Crippen molar-refractivity contribution in [3.05, 3.63) is 35.1 Å². The van der Waals surface area contributed by atoms with Crippen molar-refractivity contribution in [1.82, 2.24) is 0 Å². The van der Waals surface area contributed by atoms with Crippen molar-refractivity contribution in [2.75, 3.05) is 0 Å². The molecule has 2 N–H and O–H groups in total. The van der Waals surface area contributed by atoms with Crippen LogP contribution in [0.4, 0.5) is 13.2 Å². The lowest BCUT2D eigenvalue weighted by Gasteiger charge is -2.08. The number of hydrogen-bond donors (Lipinski definition) is 1. The van der Waals surface area contributed by atoms with Gasteiger partial charge in [-0.2, -0.15) is 0 Å². The van der Waals surface area contributed by atoms with Crippen LogP contribution in [0, 0.1) is 5.82 Å². The molecule has 4 heteroatoms. The predicted octanol–water partition coefficient (Wildman–Crippen LogP) is 2.78. The molecule has 1 aromatic rings. The molecule has 1 atom stereocenters. The SMILES string of the molecule is C[C@@H](N)c1cc(C(F)F)ccc1F. The lowest BCUT2D eigenvalue weighted by atomic mass is 10.1. The fourth-order valence-electron chi connectivity index (χ4n) is 1.05. The van der Waals surface area contributed by atoms with Crippen LogP contribution in [-0.4, -0.2) is 0 Å². The standard InChI is InChI=1S/C9H10F3N/c1-5(13)7-4-6(9(11)12)2-3-8(7)10/h2-5,9H,13H2,1H3/t5-/m1/s1. The van der Waals surface area contributed by atoms with Crippen molar-refractivity contribution < 1.29 is 13.2 Å². The van der Waals surface area contributed by atoms with Crippen LogP contribution in [0.5, 0.6) is 0 Å². The van der Waals surface area contributed by atoms with E-state index in [-0.39, 0.29) is 11.1 Å². The van der Waals surface area contributed by atoms with Crippen LogP contribution in [0.3, 0.4) is 0 Å². The third-order valence-corrected chi connectivity index (χ3v) is 1.76. The smallest absolute Gasteiger partial charge is 0.263 e. The van der Waals surface area contributed by atoms with Gasteiger partial charge in [-0.1, -0.05) is 6.07 Å². The van der Waals surface area contributed by atoms with Gasteiger partial charge in [-0.05, 0) is 19.1 Å². The van der Waals surface area contributed by atoms with E-state index in [4.69, 9.17) is 5.73 Å². The Hall–Kier alpha value is -1.03. The molecule has 0 unspecified atom stereocenters. The van der Waals surface area contributed by atoms with E-state index in [0.29, 0.717) is 0 Å². The van der Waals surface area contributed by atoms with Crippen molar-refractivity contribution in [2.45, 2.75) is 19.4 Å². The van der Waals surface area contributed by atoms with Crippen molar-refractivity contribution in [3.63, 3.8) is 0 Å². The number of rotatable bonds is 2. The fourth-order valence-corrected chi connectivity index (χ4v) is 1.05. The quantitative estimate of drug-likeness (QED) is 0.760. The second-order valence-corrected chi connectivity index (χ2v) is 2.87. The van der Waals surface area contributed by atoms with Gasteiger partial charge in [0.15, 0.2) is 0 Å². The highest BCUT2D eigenvalue weighted by atomic mass is 19.3. The molecule has 0 saturated carbocycles. The van der Waals surface area contributed by atoms with Crippen molar-refractivity contribution in [1.29, 1.82) is 0 Å². The molecule has 0 saturated heterocycles. The molecule has 72 valence electrons. The first kappa shape index (κ1) is 10.1. The van der Waals surface area contributed by atoms with E-state index in [1.807, 2.05) is 0 Å². The van der Waals surface area contributed by atoms with Gasteiger partial charge < -0.3 is 5.73 Å². The molecule has 1 nitrogen and oxygen atoms in total. The van der Waals surface area contributed by atoms with Crippen molar-refractivity contribution >= 4 is 0 Å². The lowest BCUT2D eigenvalue weighted by molar-refractivity contribution is 0.151. The topological polar surface area (TPSA) is 26.0 Å². The van der Waals surface area contributed by atoms with Gasteiger partial charge in [0.05, 0.1) is 0 Å². The maximum atomic E-state index is 13.0. The van der Waals surface area contributed by atoms with E-state index < -0.39 is 18.3 Å². The Labute approximate surface area is 74.4 Å². The van der Waals surface area contributed by atoms with Crippen LogP contribution in [0.1, 0.15) is 30.5 Å². The summed E-state index contributed by atoms with van der Waals surface area (Å²) in [6.45, 7) is 1.55. The van der Waals surface area contributed by atoms with Gasteiger partial charge in [0.2, 0.25) is 0 Å². The molecule has 0 aromatic heterocycles. The molecule has 0 amide bonds. The summed E-state index contributed by atoms with van der Waals surface area (Å²) in [6.07, 6.45) is -2.59. The van der Waals surface area contributed by atoms with Crippen LogP contribution in [0.25, 0.3) is 0 Å². The molecule has 0 spiro atoms. The fraction of sp³-hybridized carbons (Fsp3) is 0.333. The second-order valence-electron chi connectivity index (χ2n) is 2.87. The zero-order valence-electron chi connectivity index (χ0n) is 7.10. The molecule has 0 aliphatic carbocycles. The molecule has 0 fully saturated rings. The Morgan fingerprint density at radius 2 is 1.92 bits per heavy atom. The largest absolute Gasteiger partial charge is 0.324 e. The van der Waals surface area contributed by atoms with Crippen LogP contribution in [0.15, 0.2) is 18.2 Å². The normalized spacial score (nSPS) is 13.4. The Bertz CT molecular complexity index is 297. The van der Waals surface area contributed by atoms with Crippen LogP contribution < -0.4 is 5.73 Å². The third kappa shape index (κ3) is 2.21. The summed E-state index contributed by atoms with van der Waals surface area (Å²) < 4.78 is 37.3. The summed E-state index contributed by atoms with van der Waals surface area (Å²) in [5, 5.41) is 0. The zero-order valence-corrected chi connectivity index (χ0v) is 7.10. The Morgan fingerprint density at radius 3 is 2.38 bits per heavy atom. The molecule has 1 aromatic carbocycles. The molecule has 13 heavy (non-hydrogen) atoms. The minimum Gasteiger partial charge on any atom is -0.324 e. The van der Waals surface area contributed by atoms with E-state index in [1.54, 1.807) is 6.92 Å². The van der Waals surface area contributed by atoms with Gasteiger partial charge in [0, 0.05) is 17.2 Å². The van der Waals surface area contributed by atoms with E-state index >= 15 is 0 Å². The van der Waals surface area contributed by atoms with E-state index in [0.717, 1.165) is 18.2 Å². The minimum atomic E-state index is -2.59. The van der Waals surface area contributed by atoms with Crippen LogP contribution >= 0.6 is 0 Å². The molecule has 0 radical (unpaired) electrons. The van der Waals surface area contributed by atoms with Gasteiger partial charge in [0.1, 0.15) is 5.82 Å². The third-order valence-electron chi connectivity index (χ3n) is 1.76. The molecule has 0 aliphatic heterocycles. The van der Waals surface area contributed by atoms with Gasteiger partial charge >= 0.3 is 0 Å². The number of benzene rings is 1. The summed E-state index contributed by atoms with van der Waals surface area (Å²) in [5.41, 5.74) is 5.32. The highest BCUT2D eigenvalue weighted by Gasteiger charge is 2.12. The number of nitrogens with two attached hydrogens (primary N) is 1. The number of halogens is 3. The second kappa shape index (κ2) is 3.79. The highest BCUT2D eigenvalue weighted by molar-refractivity contribution is 5.27. The van der Waals surface area contributed by atoms with Crippen LogP contribution in [-0.2, 0) is 0 Å². The molecular weight excluding hydrogens is 179 g/mol. The average molecular weight is 189 g/mol.